The number of hydrogen-bond acceptors (Lipinski definition) is 3. The molecule has 3 nitrogen and oxygen atoms in total. The summed E-state index contributed by atoms with van der Waals surface area (Å²) in [5.41, 5.74) is 2.40. The molecule has 2 aromatic carbocycles. The number of Topliss-reactive ketones (excluding diaryl/α,β-unsaturated/α-hetero) is 1. The summed E-state index contributed by atoms with van der Waals surface area (Å²) in [6.45, 7) is 3.84. The van der Waals surface area contributed by atoms with E-state index in [1.807, 2.05) is 30.3 Å². The molecule has 1 heterocycles. The van der Waals surface area contributed by atoms with Crippen molar-refractivity contribution in [2.75, 3.05) is 13.7 Å². The van der Waals surface area contributed by atoms with Crippen LogP contribution in [-0.2, 0) is 11.3 Å². The molecule has 3 rings (SSSR count). The molecular formula is C21H25NO2. The molecule has 2 aromatic rings. The van der Waals surface area contributed by atoms with Crippen molar-refractivity contribution in [3.05, 3.63) is 65.7 Å². The minimum atomic E-state index is -0.00718. The van der Waals surface area contributed by atoms with Gasteiger partial charge in [-0.25, -0.2) is 0 Å². The molecule has 1 aliphatic rings. The second-order valence-corrected chi connectivity index (χ2v) is 6.47. The number of methoxy groups -OCH3 is 1. The van der Waals surface area contributed by atoms with E-state index >= 15 is 0 Å². The Morgan fingerprint density at radius 1 is 1.08 bits per heavy atom. The summed E-state index contributed by atoms with van der Waals surface area (Å²) in [6.07, 6.45) is 1.65. The quantitative estimate of drug-likeness (QED) is 0.832. The average molecular weight is 323 g/mol. The summed E-state index contributed by atoms with van der Waals surface area (Å²) in [5, 5.41) is 0. The number of nitrogens with zero attached hydrogens (tertiary/aromatic N) is 1. The standard InChI is InChI=1S/C21H25NO2/c1-3-18-13-21(23)20(17-7-5-4-6-8-17)15-22(18)14-16-9-11-19(24-2)12-10-16/h4-12,18,20H,3,13-15H2,1-2H3. The molecule has 0 saturated carbocycles. The Morgan fingerprint density at radius 2 is 1.79 bits per heavy atom. The molecule has 0 amide bonds. The molecule has 0 spiro atoms. The molecule has 24 heavy (non-hydrogen) atoms. The summed E-state index contributed by atoms with van der Waals surface area (Å²) in [5.74, 6) is 1.24. The number of piperidine rings is 1. The van der Waals surface area contributed by atoms with Crippen LogP contribution in [0.5, 0.6) is 5.75 Å². The molecule has 1 fully saturated rings. The number of carbonyl (C=O) groups is 1. The van der Waals surface area contributed by atoms with Gasteiger partial charge in [0.1, 0.15) is 11.5 Å². The Labute approximate surface area is 144 Å². The molecule has 126 valence electrons. The van der Waals surface area contributed by atoms with Crippen molar-refractivity contribution in [2.45, 2.75) is 38.3 Å². The van der Waals surface area contributed by atoms with E-state index in [9.17, 15) is 4.79 Å². The SMILES string of the molecule is CCC1CC(=O)C(c2ccccc2)CN1Cc1ccc(OC)cc1. The van der Waals surface area contributed by atoms with Crippen LogP contribution in [0.4, 0.5) is 0 Å². The van der Waals surface area contributed by atoms with Crippen molar-refractivity contribution < 1.29 is 9.53 Å². The molecule has 0 bridgehead atoms. The summed E-state index contributed by atoms with van der Waals surface area (Å²) >= 11 is 0. The minimum Gasteiger partial charge on any atom is -0.497 e. The molecule has 2 atom stereocenters. The first-order valence-electron chi connectivity index (χ1n) is 8.66. The third-order valence-electron chi connectivity index (χ3n) is 4.98. The molecule has 2 unspecified atom stereocenters. The van der Waals surface area contributed by atoms with Crippen LogP contribution in [0.1, 0.15) is 36.8 Å². The maximum absolute atomic E-state index is 12.6. The lowest BCUT2D eigenvalue weighted by atomic mass is 9.85. The van der Waals surface area contributed by atoms with E-state index in [4.69, 9.17) is 4.74 Å². The van der Waals surface area contributed by atoms with Gasteiger partial charge in [0.25, 0.3) is 0 Å². The monoisotopic (exact) mass is 323 g/mol. The van der Waals surface area contributed by atoms with Gasteiger partial charge in [0, 0.05) is 25.6 Å². The zero-order chi connectivity index (χ0) is 16.9. The van der Waals surface area contributed by atoms with Crippen molar-refractivity contribution in [3.63, 3.8) is 0 Å². The third-order valence-corrected chi connectivity index (χ3v) is 4.98. The molecule has 1 aliphatic heterocycles. The average Bonchev–Trinajstić information content (AvgIpc) is 2.64. The highest BCUT2D eigenvalue weighted by Crippen LogP contribution is 2.30. The first kappa shape index (κ1) is 16.7. The van der Waals surface area contributed by atoms with Gasteiger partial charge in [0.05, 0.1) is 13.0 Å². The van der Waals surface area contributed by atoms with Gasteiger partial charge in [-0.2, -0.15) is 0 Å². The lowest BCUT2D eigenvalue weighted by Gasteiger charge is -2.38. The number of benzene rings is 2. The normalized spacial score (nSPS) is 21.7. The van der Waals surface area contributed by atoms with Crippen molar-refractivity contribution in [1.82, 2.24) is 4.90 Å². The lowest BCUT2D eigenvalue weighted by molar-refractivity contribution is -0.125. The van der Waals surface area contributed by atoms with E-state index < -0.39 is 0 Å². The topological polar surface area (TPSA) is 29.5 Å². The van der Waals surface area contributed by atoms with Crippen molar-refractivity contribution >= 4 is 5.78 Å². The van der Waals surface area contributed by atoms with Gasteiger partial charge < -0.3 is 4.74 Å². The van der Waals surface area contributed by atoms with E-state index in [2.05, 4.69) is 36.1 Å². The molecule has 1 saturated heterocycles. The van der Waals surface area contributed by atoms with Crippen molar-refractivity contribution in [2.24, 2.45) is 0 Å². The van der Waals surface area contributed by atoms with Crippen LogP contribution in [0.25, 0.3) is 0 Å². The molecular weight excluding hydrogens is 298 g/mol. The zero-order valence-electron chi connectivity index (χ0n) is 14.4. The zero-order valence-corrected chi connectivity index (χ0v) is 14.4. The van der Waals surface area contributed by atoms with Crippen LogP contribution in [0.2, 0.25) is 0 Å². The fourth-order valence-corrected chi connectivity index (χ4v) is 3.53. The van der Waals surface area contributed by atoms with Gasteiger partial charge in [0.15, 0.2) is 0 Å². The molecule has 0 N–H and O–H groups in total. The fourth-order valence-electron chi connectivity index (χ4n) is 3.53. The Kier molecular flexibility index (Phi) is 5.31. The van der Waals surface area contributed by atoms with Crippen LogP contribution < -0.4 is 4.74 Å². The largest absolute Gasteiger partial charge is 0.497 e. The van der Waals surface area contributed by atoms with Crippen molar-refractivity contribution in [1.29, 1.82) is 0 Å². The van der Waals surface area contributed by atoms with E-state index in [1.165, 1.54) is 5.56 Å². The number of ether oxygens (including phenoxy) is 1. The van der Waals surface area contributed by atoms with Gasteiger partial charge in [-0.15, -0.1) is 0 Å². The Morgan fingerprint density at radius 3 is 2.42 bits per heavy atom. The molecule has 3 heteroatoms. The Bertz CT molecular complexity index is 666. The number of carbonyl (C=O) groups excluding carboxylic acids is 1. The maximum atomic E-state index is 12.6. The van der Waals surface area contributed by atoms with E-state index in [0.717, 1.165) is 30.8 Å². The molecule has 0 aliphatic carbocycles. The number of ketones is 1. The van der Waals surface area contributed by atoms with Gasteiger partial charge in [-0.1, -0.05) is 49.4 Å². The highest BCUT2D eigenvalue weighted by Gasteiger charge is 2.34. The lowest BCUT2D eigenvalue weighted by Crippen LogP contribution is -2.46. The predicted molar refractivity (Wildman–Crippen MR) is 96.3 cm³/mol. The van der Waals surface area contributed by atoms with Gasteiger partial charge in [-0.05, 0) is 29.7 Å². The van der Waals surface area contributed by atoms with Gasteiger partial charge in [-0.3, -0.25) is 9.69 Å². The highest BCUT2D eigenvalue weighted by molar-refractivity contribution is 5.87. The second kappa shape index (κ2) is 7.63. The smallest absolute Gasteiger partial charge is 0.143 e. The van der Waals surface area contributed by atoms with E-state index in [-0.39, 0.29) is 5.92 Å². The van der Waals surface area contributed by atoms with Crippen LogP contribution in [0, 0.1) is 0 Å². The molecule has 0 radical (unpaired) electrons. The van der Waals surface area contributed by atoms with Crippen LogP contribution in [0.3, 0.4) is 0 Å². The fraction of sp³-hybridized carbons (Fsp3) is 0.381. The van der Waals surface area contributed by atoms with Crippen LogP contribution >= 0.6 is 0 Å². The first-order chi connectivity index (χ1) is 11.7. The van der Waals surface area contributed by atoms with Crippen LogP contribution in [-0.4, -0.2) is 30.4 Å². The predicted octanol–water partition coefficient (Wildman–Crippen LogP) is 4.03. The third kappa shape index (κ3) is 3.68. The second-order valence-electron chi connectivity index (χ2n) is 6.47. The summed E-state index contributed by atoms with van der Waals surface area (Å²) in [4.78, 5) is 15.1. The van der Waals surface area contributed by atoms with Crippen LogP contribution in [0.15, 0.2) is 54.6 Å². The van der Waals surface area contributed by atoms with E-state index in [1.54, 1.807) is 7.11 Å². The minimum absolute atomic E-state index is 0.00718. The van der Waals surface area contributed by atoms with Crippen molar-refractivity contribution in [3.8, 4) is 5.75 Å². The number of hydrogen-bond donors (Lipinski definition) is 0. The van der Waals surface area contributed by atoms with Gasteiger partial charge >= 0.3 is 0 Å². The first-order valence-corrected chi connectivity index (χ1v) is 8.66. The Balaban J connectivity index is 1.77. The summed E-state index contributed by atoms with van der Waals surface area (Å²) < 4.78 is 5.23. The molecule has 0 aromatic heterocycles. The number of likely N-dealkylation sites (tertiary alicyclic amines) is 1. The summed E-state index contributed by atoms with van der Waals surface area (Å²) in [7, 11) is 1.68. The number of rotatable bonds is 5. The van der Waals surface area contributed by atoms with Gasteiger partial charge in [0.2, 0.25) is 0 Å². The van der Waals surface area contributed by atoms with E-state index in [0.29, 0.717) is 18.2 Å². The Hall–Kier alpha value is -2.13. The maximum Gasteiger partial charge on any atom is 0.143 e. The summed E-state index contributed by atoms with van der Waals surface area (Å²) in [6, 6.07) is 18.7. The highest BCUT2D eigenvalue weighted by atomic mass is 16.5.